The van der Waals surface area contributed by atoms with Gasteiger partial charge in [-0.25, -0.2) is 0 Å². The molecule has 0 amide bonds. The van der Waals surface area contributed by atoms with Crippen molar-refractivity contribution in [2.45, 2.75) is 39.5 Å². The van der Waals surface area contributed by atoms with Crippen LogP contribution in [0.15, 0.2) is 0 Å². The van der Waals surface area contributed by atoms with Gasteiger partial charge in [0.1, 0.15) is 0 Å². The third-order valence-electron chi connectivity index (χ3n) is 4.06. The topological polar surface area (TPSA) is 12.5 Å². The molecule has 1 aliphatic carbocycles. The summed E-state index contributed by atoms with van der Waals surface area (Å²) in [4.78, 5) is 2.42. The van der Waals surface area contributed by atoms with Crippen LogP contribution in [0.25, 0.3) is 0 Å². The number of rotatable bonds is 10. The molecule has 0 N–H and O–H groups in total. The van der Waals surface area contributed by atoms with E-state index in [0.29, 0.717) is 5.41 Å². The van der Waals surface area contributed by atoms with E-state index in [2.05, 4.69) is 41.7 Å². The number of alkyl halides is 1. The average Bonchev–Trinajstić information content (AvgIpc) is 3.16. The minimum Gasteiger partial charge on any atom is -0.380 e. The summed E-state index contributed by atoms with van der Waals surface area (Å²) in [5.41, 5.74) is 0.436. The highest BCUT2D eigenvalue weighted by Crippen LogP contribution is 2.30. The Kier molecular flexibility index (Phi) is 7.05. The largest absolute Gasteiger partial charge is 0.380 e. The van der Waals surface area contributed by atoms with Crippen LogP contribution >= 0.6 is 15.9 Å². The molecule has 0 saturated heterocycles. The molecule has 17 heavy (non-hydrogen) atoms. The highest BCUT2D eigenvalue weighted by Gasteiger charge is 2.26. The minimum atomic E-state index is 0.436. The van der Waals surface area contributed by atoms with Crippen molar-refractivity contribution in [1.29, 1.82) is 0 Å². The molecule has 3 heteroatoms. The normalized spacial score (nSPS) is 16.8. The SMILES string of the molecule is CCC(CC)(CBr)CN(C)CCOCC1CC1. The van der Waals surface area contributed by atoms with Crippen LogP contribution in [0, 0.1) is 11.3 Å². The molecular weight excluding hydrogens is 278 g/mol. The Hall–Kier alpha value is 0.400. The van der Waals surface area contributed by atoms with Gasteiger partial charge in [-0.3, -0.25) is 0 Å². The number of likely N-dealkylation sites (N-methyl/N-ethyl adjacent to an activating group) is 1. The van der Waals surface area contributed by atoms with Gasteiger partial charge < -0.3 is 9.64 Å². The van der Waals surface area contributed by atoms with E-state index in [9.17, 15) is 0 Å². The fourth-order valence-electron chi connectivity index (χ4n) is 2.11. The molecule has 0 aliphatic heterocycles. The van der Waals surface area contributed by atoms with Crippen LogP contribution < -0.4 is 0 Å². The molecular formula is C14H28BrNO. The Balaban J connectivity index is 2.14. The predicted octanol–water partition coefficient (Wildman–Crippen LogP) is 3.55. The average molecular weight is 306 g/mol. The van der Waals surface area contributed by atoms with Crippen LogP contribution in [0.5, 0.6) is 0 Å². The van der Waals surface area contributed by atoms with E-state index in [1.807, 2.05) is 0 Å². The van der Waals surface area contributed by atoms with E-state index in [4.69, 9.17) is 4.74 Å². The monoisotopic (exact) mass is 305 g/mol. The number of halogens is 1. The maximum absolute atomic E-state index is 5.69. The first-order valence-electron chi connectivity index (χ1n) is 6.98. The van der Waals surface area contributed by atoms with Crippen LogP contribution in [0.1, 0.15) is 39.5 Å². The fourth-order valence-corrected chi connectivity index (χ4v) is 3.08. The second kappa shape index (κ2) is 7.75. The first-order chi connectivity index (χ1) is 8.15. The smallest absolute Gasteiger partial charge is 0.0593 e. The van der Waals surface area contributed by atoms with Crippen LogP contribution in [0.4, 0.5) is 0 Å². The highest BCUT2D eigenvalue weighted by atomic mass is 79.9. The van der Waals surface area contributed by atoms with E-state index >= 15 is 0 Å². The van der Waals surface area contributed by atoms with Crippen molar-refractivity contribution in [1.82, 2.24) is 4.90 Å². The molecule has 1 aliphatic rings. The second-order valence-electron chi connectivity index (χ2n) is 5.60. The molecule has 0 unspecified atom stereocenters. The van der Waals surface area contributed by atoms with Gasteiger partial charge in [-0.1, -0.05) is 29.8 Å². The standard InChI is InChI=1S/C14H28BrNO/c1-4-14(5-2,11-15)12-16(3)8-9-17-10-13-6-7-13/h13H,4-12H2,1-3H3. The molecule has 2 nitrogen and oxygen atoms in total. The zero-order chi connectivity index (χ0) is 12.7. The van der Waals surface area contributed by atoms with Gasteiger partial charge >= 0.3 is 0 Å². The Morgan fingerprint density at radius 1 is 1.29 bits per heavy atom. The lowest BCUT2D eigenvalue weighted by atomic mass is 9.84. The predicted molar refractivity (Wildman–Crippen MR) is 77.8 cm³/mol. The summed E-state index contributed by atoms with van der Waals surface area (Å²) in [6.45, 7) is 8.68. The number of nitrogens with zero attached hydrogens (tertiary/aromatic N) is 1. The Morgan fingerprint density at radius 3 is 2.41 bits per heavy atom. The minimum absolute atomic E-state index is 0.436. The van der Waals surface area contributed by atoms with Gasteiger partial charge in [-0.05, 0) is 44.1 Å². The molecule has 0 spiro atoms. The van der Waals surface area contributed by atoms with Gasteiger partial charge in [-0.15, -0.1) is 0 Å². The van der Waals surface area contributed by atoms with E-state index in [-0.39, 0.29) is 0 Å². The second-order valence-corrected chi connectivity index (χ2v) is 6.16. The van der Waals surface area contributed by atoms with Gasteiger partial charge in [0, 0.05) is 25.0 Å². The lowest BCUT2D eigenvalue weighted by Gasteiger charge is -2.34. The molecule has 1 rings (SSSR count). The van der Waals surface area contributed by atoms with Crippen molar-refractivity contribution in [2.75, 3.05) is 38.7 Å². The highest BCUT2D eigenvalue weighted by molar-refractivity contribution is 9.09. The van der Waals surface area contributed by atoms with E-state index in [1.165, 1.54) is 25.7 Å². The summed E-state index contributed by atoms with van der Waals surface area (Å²) >= 11 is 3.67. The van der Waals surface area contributed by atoms with Crippen LogP contribution in [0.2, 0.25) is 0 Å². The van der Waals surface area contributed by atoms with E-state index in [0.717, 1.165) is 37.6 Å². The molecule has 0 atom stereocenters. The van der Waals surface area contributed by atoms with Crippen LogP contribution in [-0.2, 0) is 4.74 Å². The molecule has 1 fully saturated rings. The first kappa shape index (κ1) is 15.5. The van der Waals surface area contributed by atoms with Crippen LogP contribution in [0.3, 0.4) is 0 Å². The zero-order valence-electron chi connectivity index (χ0n) is 11.7. The Morgan fingerprint density at radius 2 is 1.94 bits per heavy atom. The molecule has 0 aromatic rings. The lowest BCUT2D eigenvalue weighted by Crippen LogP contribution is -2.37. The maximum atomic E-state index is 5.69. The van der Waals surface area contributed by atoms with Crippen molar-refractivity contribution in [3.63, 3.8) is 0 Å². The summed E-state index contributed by atoms with van der Waals surface area (Å²) in [5, 5.41) is 1.10. The van der Waals surface area contributed by atoms with Crippen molar-refractivity contribution in [3.8, 4) is 0 Å². The summed E-state index contributed by atoms with van der Waals surface area (Å²) in [6.07, 6.45) is 5.24. The van der Waals surface area contributed by atoms with E-state index in [1.54, 1.807) is 0 Å². The Bertz CT molecular complexity index is 194. The third kappa shape index (κ3) is 5.71. The summed E-state index contributed by atoms with van der Waals surface area (Å²) in [5.74, 6) is 0.883. The van der Waals surface area contributed by atoms with E-state index < -0.39 is 0 Å². The van der Waals surface area contributed by atoms with Gasteiger partial charge in [0.15, 0.2) is 0 Å². The first-order valence-corrected chi connectivity index (χ1v) is 8.10. The molecule has 0 bridgehead atoms. The van der Waals surface area contributed by atoms with Gasteiger partial charge in [0.25, 0.3) is 0 Å². The molecule has 0 aromatic heterocycles. The zero-order valence-corrected chi connectivity index (χ0v) is 13.3. The molecule has 0 radical (unpaired) electrons. The number of hydrogen-bond acceptors (Lipinski definition) is 2. The van der Waals surface area contributed by atoms with Gasteiger partial charge in [0.05, 0.1) is 6.61 Å². The Labute approximate surface area is 115 Å². The molecule has 0 heterocycles. The lowest BCUT2D eigenvalue weighted by molar-refractivity contribution is 0.0887. The van der Waals surface area contributed by atoms with Crippen LogP contribution in [-0.4, -0.2) is 43.6 Å². The quantitative estimate of drug-likeness (QED) is 0.452. The molecule has 0 aromatic carbocycles. The van der Waals surface area contributed by atoms with Gasteiger partial charge in [0.2, 0.25) is 0 Å². The van der Waals surface area contributed by atoms with Crippen molar-refractivity contribution in [2.24, 2.45) is 11.3 Å². The van der Waals surface area contributed by atoms with Crippen molar-refractivity contribution >= 4 is 15.9 Å². The maximum Gasteiger partial charge on any atom is 0.0593 e. The molecule has 1 saturated carbocycles. The number of ether oxygens (including phenoxy) is 1. The molecule has 102 valence electrons. The summed E-state index contributed by atoms with van der Waals surface area (Å²) in [6, 6.07) is 0. The summed E-state index contributed by atoms with van der Waals surface area (Å²) < 4.78 is 5.69. The van der Waals surface area contributed by atoms with Crippen molar-refractivity contribution < 1.29 is 4.74 Å². The summed E-state index contributed by atoms with van der Waals surface area (Å²) in [7, 11) is 2.21. The number of hydrogen-bond donors (Lipinski definition) is 0. The fraction of sp³-hybridized carbons (Fsp3) is 1.00. The van der Waals surface area contributed by atoms with Gasteiger partial charge in [-0.2, -0.15) is 0 Å². The van der Waals surface area contributed by atoms with Crippen molar-refractivity contribution in [3.05, 3.63) is 0 Å². The third-order valence-corrected chi connectivity index (χ3v) is 5.25.